The molecule has 0 N–H and O–H groups in total. The standard InChI is InChI=1S/C43H28N4/c1-2-10-30(11-3-1)36-14-6-7-15-37(36)31-19-17-29(18-20-31)35-27-45-43(46-28-35)47-41-22-21-34(40-16-8-9-23-44-40)25-38(41)39-24-32-12-4-5-13-33(32)26-42(39)47/h1-28H. The van der Waals surface area contributed by atoms with Crippen molar-refractivity contribution >= 4 is 32.6 Å². The molecule has 6 aromatic carbocycles. The van der Waals surface area contributed by atoms with Gasteiger partial charge in [-0.25, -0.2) is 9.97 Å². The van der Waals surface area contributed by atoms with Crippen LogP contribution < -0.4 is 0 Å². The largest absolute Gasteiger partial charge is 0.278 e. The van der Waals surface area contributed by atoms with Crippen LogP contribution in [0.2, 0.25) is 0 Å². The molecule has 0 fully saturated rings. The Morgan fingerprint density at radius 1 is 0.383 bits per heavy atom. The monoisotopic (exact) mass is 600 g/mol. The highest BCUT2D eigenvalue weighted by Crippen LogP contribution is 2.37. The predicted octanol–water partition coefficient (Wildman–Crippen LogP) is 10.8. The molecule has 4 nitrogen and oxygen atoms in total. The van der Waals surface area contributed by atoms with Gasteiger partial charge in [0.1, 0.15) is 0 Å². The van der Waals surface area contributed by atoms with E-state index in [0.29, 0.717) is 5.95 Å². The van der Waals surface area contributed by atoms with Gasteiger partial charge in [0, 0.05) is 40.5 Å². The van der Waals surface area contributed by atoms with E-state index in [-0.39, 0.29) is 0 Å². The summed E-state index contributed by atoms with van der Waals surface area (Å²) in [4.78, 5) is 14.5. The molecule has 0 radical (unpaired) electrons. The fourth-order valence-corrected chi connectivity index (χ4v) is 6.65. The first kappa shape index (κ1) is 27.0. The zero-order chi connectivity index (χ0) is 31.2. The molecule has 0 saturated heterocycles. The van der Waals surface area contributed by atoms with Crippen molar-refractivity contribution < 1.29 is 0 Å². The molecule has 0 aliphatic rings. The fraction of sp³-hybridized carbons (Fsp3) is 0. The molecule has 0 spiro atoms. The van der Waals surface area contributed by atoms with E-state index in [0.717, 1.165) is 44.2 Å². The minimum atomic E-state index is 0.642. The minimum Gasteiger partial charge on any atom is -0.278 e. The Balaban J connectivity index is 1.12. The van der Waals surface area contributed by atoms with Crippen LogP contribution in [0, 0.1) is 0 Å². The third-order valence-electron chi connectivity index (χ3n) is 8.97. The second kappa shape index (κ2) is 11.2. The number of fused-ring (bicyclic) bond motifs is 4. The van der Waals surface area contributed by atoms with Crippen LogP contribution in [0.4, 0.5) is 0 Å². The smallest absolute Gasteiger partial charge is 0.234 e. The average Bonchev–Trinajstić information content (AvgIpc) is 3.47. The van der Waals surface area contributed by atoms with E-state index in [1.807, 2.05) is 36.8 Å². The highest BCUT2D eigenvalue weighted by molar-refractivity contribution is 6.14. The Labute approximate surface area is 272 Å². The van der Waals surface area contributed by atoms with Gasteiger partial charge < -0.3 is 0 Å². The first-order valence-electron chi connectivity index (χ1n) is 15.8. The van der Waals surface area contributed by atoms with E-state index in [1.165, 1.54) is 33.0 Å². The van der Waals surface area contributed by atoms with E-state index in [9.17, 15) is 0 Å². The molecule has 47 heavy (non-hydrogen) atoms. The predicted molar refractivity (Wildman–Crippen MR) is 193 cm³/mol. The highest BCUT2D eigenvalue weighted by atomic mass is 15.1. The van der Waals surface area contributed by atoms with E-state index < -0.39 is 0 Å². The maximum Gasteiger partial charge on any atom is 0.234 e. The van der Waals surface area contributed by atoms with Gasteiger partial charge in [0.05, 0.1) is 16.7 Å². The summed E-state index contributed by atoms with van der Waals surface area (Å²) in [5.74, 6) is 0.642. The van der Waals surface area contributed by atoms with Gasteiger partial charge in [-0.2, -0.15) is 0 Å². The van der Waals surface area contributed by atoms with E-state index in [1.54, 1.807) is 0 Å². The molecule has 9 aromatic rings. The summed E-state index contributed by atoms with van der Waals surface area (Å²) in [5.41, 5.74) is 11.0. The molecule has 0 aliphatic carbocycles. The van der Waals surface area contributed by atoms with Crippen LogP contribution >= 0.6 is 0 Å². The highest BCUT2D eigenvalue weighted by Gasteiger charge is 2.17. The van der Waals surface area contributed by atoms with Gasteiger partial charge in [-0.3, -0.25) is 9.55 Å². The molecule has 4 heteroatoms. The lowest BCUT2D eigenvalue weighted by molar-refractivity contribution is 0.990. The number of pyridine rings is 1. The summed E-state index contributed by atoms with van der Waals surface area (Å²) in [6.45, 7) is 0. The summed E-state index contributed by atoms with van der Waals surface area (Å²) < 4.78 is 2.17. The number of hydrogen-bond acceptors (Lipinski definition) is 3. The van der Waals surface area contributed by atoms with Gasteiger partial charge in [-0.1, -0.05) is 115 Å². The second-order valence-corrected chi connectivity index (χ2v) is 11.8. The molecule has 0 aliphatic heterocycles. The van der Waals surface area contributed by atoms with Gasteiger partial charge >= 0.3 is 0 Å². The third kappa shape index (κ3) is 4.75. The van der Waals surface area contributed by atoms with Crippen molar-refractivity contribution in [1.29, 1.82) is 0 Å². The zero-order valence-corrected chi connectivity index (χ0v) is 25.5. The fourth-order valence-electron chi connectivity index (χ4n) is 6.65. The molecule has 3 heterocycles. The van der Waals surface area contributed by atoms with Crippen molar-refractivity contribution in [3.63, 3.8) is 0 Å². The van der Waals surface area contributed by atoms with E-state index in [2.05, 4.69) is 143 Å². The molecular weight excluding hydrogens is 573 g/mol. The van der Waals surface area contributed by atoms with Crippen LogP contribution in [-0.2, 0) is 0 Å². The van der Waals surface area contributed by atoms with Crippen LogP contribution in [0.3, 0.4) is 0 Å². The lowest BCUT2D eigenvalue weighted by Crippen LogP contribution is -2.00. The molecule has 3 aromatic heterocycles. The summed E-state index contributed by atoms with van der Waals surface area (Å²) in [6.07, 6.45) is 5.69. The van der Waals surface area contributed by atoms with Gasteiger partial charge in [0.2, 0.25) is 5.95 Å². The minimum absolute atomic E-state index is 0.642. The number of hydrogen-bond donors (Lipinski definition) is 0. The van der Waals surface area contributed by atoms with Gasteiger partial charge in [-0.05, 0) is 75.0 Å². The van der Waals surface area contributed by atoms with Crippen LogP contribution in [0.5, 0.6) is 0 Å². The third-order valence-corrected chi connectivity index (χ3v) is 8.97. The first-order valence-corrected chi connectivity index (χ1v) is 15.8. The summed E-state index contributed by atoms with van der Waals surface area (Å²) in [5, 5.41) is 4.69. The zero-order valence-electron chi connectivity index (χ0n) is 25.5. The normalized spacial score (nSPS) is 11.4. The summed E-state index contributed by atoms with van der Waals surface area (Å²) in [6, 6.07) is 53.3. The van der Waals surface area contributed by atoms with Crippen molar-refractivity contribution in [2.45, 2.75) is 0 Å². The van der Waals surface area contributed by atoms with Gasteiger partial charge in [-0.15, -0.1) is 0 Å². The Morgan fingerprint density at radius 3 is 1.70 bits per heavy atom. The van der Waals surface area contributed by atoms with Crippen molar-refractivity contribution in [3.8, 4) is 50.6 Å². The van der Waals surface area contributed by atoms with E-state index in [4.69, 9.17) is 9.97 Å². The second-order valence-electron chi connectivity index (χ2n) is 11.8. The summed E-state index contributed by atoms with van der Waals surface area (Å²) in [7, 11) is 0. The van der Waals surface area contributed by atoms with Crippen molar-refractivity contribution in [3.05, 3.63) is 170 Å². The molecule has 0 atom stereocenters. The van der Waals surface area contributed by atoms with Crippen LogP contribution in [-0.4, -0.2) is 19.5 Å². The summed E-state index contributed by atoms with van der Waals surface area (Å²) >= 11 is 0. The topological polar surface area (TPSA) is 43.6 Å². The van der Waals surface area contributed by atoms with Gasteiger partial charge in [0.25, 0.3) is 0 Å². The Kier molecular flexibility index (Phi) is 6.43. The van der Waals surface area contributed by atoms with Crippen molar-refractivity contribution in [2.75, 3.05) is 0 Å². The van der Waals surface area contributed by atoms with Crippen LogP contribution in [0.15, 0.2) is 170 Å². The maximum atomic E-state index is 4.93. The number of rotatable bonds is 5. The Bertz CT molecular complexity index is 2530. The molecule has 220 valence electrons. The lowest BCUT2D eigenvalue weighted by Gasteiger charge is -2.11. The molecule has 9 rings (SSSR count). The molecule has 0 saturated carbocycles. The Hall–Kier alpha value is -6.39. The van der Waals surface area contributed by atoms with Crippen LogP contribution in [0.1, 0.15) is 0 Å². The van der Waals surface area contributed by atoms with E-state index >= 15 is 0 Å². The van der Waals surface area contributed by atoms with Crippen molar-refractivity contribution in [2.24, 2.45) is 0 Å². The van der Waals surface area contributed by atoms with Crippen molar-refractivity contribution in [1.82, 2.24) is 19.5 Å². The quantitative estimate of drug-likeness (QED) is 0.197. The number of benzene rings is 6. The molecular formula is C43H28N4. The average molecular weight is 601 g/mol. The first-order chi connectivity index (χ1) is 23.3. The van der Waals surface area contributed by atoms with Crippen LogP contribution in [0.25, 0.3) is 83.2 Å². The number of aromatic nitrogens is 4. The molecule has 0 unspecified atom stereocenters. The SMILES string of the molecule is c1ccc(-c2ccccc2-c2ccc(-c3cnc(-n4c5ccc(-c6ccccn6)cc5c5cc6ccccc6cc54)nc3)cc2)cc1. The van der Waals surface area contributed by atoms with Gasteiger partial charge in [0.15, 0.2) is 0 Å². The molecule has 0 amide bonds. The Morgan fingerprint density at radius 2 is 0.979 bits per heavy atom. The molecule has 0 bridgehead atoms. The lowest BCUT2D eigenvalue weighted by atomic mass is 9.94. The number of nitrogens with zero attached hydrogens (tertiary/aromatic N) is 4. The maximum absolute atomic E-state index is 4.93.